The lowest BCUT2D eigenvalue weighted by Gasteiger charge is -2.28. The van der Waals surface area contributed by atoms with Crippen LogP contribution < -0.4 is 10.2 Å². The van der Waals surface area contributed by atoms with Gasteiger partial charge in [0.2, 0.25) is 5.95 Å². The first kappa shape index (κ1) is 12.7. The number of hydrogen-bond donors (Lipinski definition) is 1. The molecular formula is C14H20N4S. The van der Waals surface area contributed by atoms with E-state index in [1.54, 1.807) is 11.3 Å². The van der Waals surface area contributed by atoms with Gasteiger partial charge in [-0.05, 0) is 37.1 Å². The van der Waals surface area contributed by atoms with E-state index in [2.05, 4.69) is 33.6 Å². The predicted octanol–water partition coefficient (Wildman–Crippen LogP) is 3.50. The van der Waals surface area contributed by atoms with Gasteiger partial charge >= 0.3 is 0 Å². The van der Waals surface area contributed by atoms with E-state index in [0.29, 0.717) is 0 Å². The molecule has 1 aliphatic rings. The van der Waals surface area contributed by atoms with Gasteiger partial charge in [-0.25, -0.2) is 4.98 Å². The smallest absolute Gasteiger partial charge is 0.226 e. The SMILES string of the molecule is CCCNc1nc(N2CCCCC2)c2ccsc2n1. The summed E-state index contributed by atoms with van der Waals surface area (Å²) in [6.07, 6.45) is 4.97. The summed E-state index contributed by atoms with van der Waals surface area (Å²) in [5.74, 6) is 1.89. The van der Waals surface area contributed by atoms with Crippen molar-refractivity contribution in [3.05, 3.63) is 11.4 Å². The molecule has 19 heavy (non-hydrogen) atoms. The Bertz CT molecular complexity index is 545. The van der Waals surface area contributed by atoms with Gasteiger partial charge in [0.15, 0.2) is 0 Å². The average Bonchev–Trinajstić information content (AvgIpc) is 2.93. The summed E-state index contributed by atoms with van der Waals surface area (Å²) in [5.41, 5.74) is 0. The summed E-state index contributed by atoms with van der Waals surface area (Å²) < 4.78 is 0. The van der Waals surface area contributed by atoms with Crippen molar-refractivity contribution in [1.29, 1.82) is 0 Å². The predicted molar refractivity (Wildman–Crippen MR) is 82.3 cm³/mol. The molecule has 0 atom stereocenters. The highest BCUT2D eigenvalue weighted by atomic mass is 32.1. The van der Waals surface area contributed by atoms with Crippen LogP contribution in [0.1, 0.15) is 32.6 Å². The Labute approximate surface area is 117 Å². The van der Waals surface area contributed by atoms with Gasteiger partial charge in [0.1, 0.15) is 10.6 Å². The van der Waals surface area contributed by atoms with Gasteiger partial charge in [0.25, 0.3) is 0 Å². The summed E-state index contributed by atoms with van der Waals surface area (Å²) in [7, 11) is 0. The molecule has 5 heteroatoms. The summed E-state index contributed by atoms with van der Waals surface area (Å²) in [5, 5.41) is 6.62. The Kier molecular flexibility index (Phi) is 3.82. The molecule has 2 aromatic rings. The van der Waals surface area contributed by atoms with E-state index in [4.69, 9.17) is 4.98 Å². The van der Waals surface area contributed by atoms with E-state index < -0.39 is 0 Å². The van der Waals surface area contributed by atoms with Crippen molar-refractivity contribution in [2.75, 3.05) is 29.9 Å². The molecule has 0 bridgehead atoms. The van der Waals surface area contributed by atoms with Gasteiger partial charge in [0.05, 0.1) is 5.39 Å². The summed E-state index contributed by atoms with van der Waals surface area (Å²) in [4.78, 5) is 12.8. The average molecular weight is 276 g/mol. The number of aromatic nitrogens is 2. The number of piperidine rings is 1. The maximum absolute atomic E-state index is 4.74. The van der Waals surface area contributed by atoms with Crippen LogP contribution in [-0.2, 0) is 0 Å². The first-order chi connectivity index (χ1) is 9.38. The van der Waals surface area contributed by atoms with Crippen LogP contribution in [0.5, 0.6) is 0 Å². The van der Waals surface area contributed by atoms with Crippen LogP contribution in [0.2, 0.25) is 0 Å². The molecule has 4 nitrogen and oxygen atoms in total. The molecule has 0 spiro atoms. The minimum absolute atomic E-state index is 0.775. The third kappa shape index (κ3) is 2.66. The van der Waals surface area contributed by atoms with Gasteiger partial charge in [-0.3, -0.25) is 0 Å². The maximum Gasteiger partial charge on any atom is 0.226 e. The maximum atomic E-state index is 4.74. The van der Waals surface area contributed by atoms with E-state index in [1.807, 2.05) is 0 Å². The van der Waals surface area contributed by atoms with Crippen molar-refractivity contribution in [2.24, 2.45) is 0 Å². The number of hydrogen-bond acceptors (Lipinski definition) is 5. The van der Waals surface area contributed by atoms with Crippen LogP contribution in [0.15, 0.2) is 11.4 Å². The van der Waals surface area contributed by atoms with Crippen LogP contribution in [-0.4, -0.2) is 29.6 Å². The van der Waals surface area contributed by atoms with Crippen LogP contribution in [0.25, 0.3) is 10.2 Å². The zero-order valence-corrected chi connectivity index (χ0v) is 12.2. The van der Waals surface area contributed by atoms with Crippen LogP contribution >= 0.6 is 11.3 Å². The molecule has 0 aliphatic carbocycles. The van der Waals surface area contributed by atoms with E-state index in [-0.39, 0.29) is 0 Å². The Hall–Kier alpha value is -1.36. The molecule has 0 unspecified atom stereocenters. The fraction of sp³-hybridized carbons (Fsp3) is 0.571. The lowest BCUT2D eigenvalue weighted by atomic mass is 10.1. The molecule has 1 saturated heterocycles. The zero-order valence-electron chi connectivity index (χ0n) is 11.4. The zero-order chi connectivity index (χ0) is 13.1. The quantitative estimate of drug-likeness (QED) is 0.928. The largest absolute Gasteiger partial charge is 0.356 e. The first-order valence-corrected chi connectivity index (χ1v) is 8.00. The number of nitrogens with one attached hydrogen (secondary N) is 1. The van der Waals surface area contributed by atoms with E-state index in [1.165, 1.54) is 24.6 Å². The number of thiophene rings is 1. The fourth-order valence-electron chi connectivity index (χ4n) is 2.50. The van der Waals surface area contributed by atoms with Crippen molar-refractivity contribution in [3.8, 4) is 0 Å². The minimum Gasteiger partial charge on any atom is -0.356 e. The molecule has 0 amide bonds. The lowest BCUT2D eigenvalue weighted by Crippen LogP contribution is -2.30. The van der Waals surface area contributed by atoms with Gasteiger partial charge < -0.3 is 10.2 Å². The van der Waals surface area contributed by atoms with Gasteiger partial charge in [-0.2, -0.15) is 4.98 Å². The second kappa shape index (κ2) is 5.74. The van der Waals surface area contributed by atoms with Gasteiger partial charge in [-0.15, -0.1) is 11.3 Å². The highest BCUT2D eigenvalue weighted by Crippen LogP contribution is 2.30. The topological polar surface area (TPSA) is 41.1 Å². The minimum atomic E-state index is 0.775. The summed E-state index contributed by atoms with van der Waals surface area (Å²) in [6.45, 7) is 5.32. The second-order valence-corrected chi connectivity index (χ2v) is 5.88. The third-order valence-electron chi connectivity index (χ3n) is 3.49. The summed E-state index contributed by atoms with van der Waals surface area (Å²) >= 11 is 1.70. The Morgan fingerprint density at radius 2 is 2.11 bits per heavy atom. The second-order valence-electron chi connectivity index (χ2n) is 4.98. The normalized spacial score (nSPS) is 15.9. The van der Waals surface area contributed by atoms with E-state index in [0.717, 1.165) is 42.7 Å². The molecular weight excluding hydrogens is 256 g/mol. The van der Waals surface area contributed by atoms with Crippen LogP contribution in [0, 0.1) is 0 Å². The molecule has 1 fully saturated rings. The summed E-state index contributed by atoms with van der Waals surface area (Å²) in [6, 6.07) is 2.15. The Morgan fingerprint density at radius 3 is 2.89 bits per heavy atom. The van der Waals surface area contributed by atoms with Crippen molar-refractivity contribution in [2.45, 2.75) is 32.6 Å². The monoisotopic (exact) mass is 276 g/mol. The van der Waals surface area contributed by atoms with E-state index >= 15 is 0 Å². The number of nitrogens with zero attached hydrogens (tertiary/aromatic N) is 3. The van der Waals surface area contributed by atoms with Gasteiger partial charge in [-0.1, -0.05) is 6.92 Å². The van der Waals surface area contributed by atoms with Gasteiger partial charge in [0, 0.05) is 19.6 Å². The van der Waals surface area contributed by atoms with Crippen LogP contribution in [0.4, 0.5) is 11.8 Å². The lowest BCUT2D eigenvalue weighted by molar-refractivity contribution is 0.575. The molecule has 102 valence electrons. The molecule has 0 aromatic carbocycles. The van der Waals surface area contributed by atoms with Crippen molar-refractivity contribution in [1.82, 2.24) is 9.97 Å². The number of rotatable bonds is 4. The highest BCUT2D eigenvalue weighted by Gasteiger charge is 2.17. The molecule has 0 saturated carbocycles. The van der Waals surface area contributed by atoms with E-state index in [9.17, 15) is 0 Å². The Morgan fingerprint density at radius 1 is 1.26 bits per heavy atom. The molecule has 3 heterocycles. The molecule has 1 N–H and O–H groups in total. The van der Waals surface area contributed by atoms with Crippen molar-refractivity contribution in [3.63, 3.8) is 0 Å². The standard InChI is InChI=1S/C14H20N4S/c1-2-7-15-14-16-12(18-8-4-3-5-9-18)11-6-10-19-13(11)17-14/h6,10H,2-5,7-9H2,1H3,(H,15,16,17). The van der Waals surface area contributed by atoms with Crippen molar-refractivity contribution < 1.29 is 0 Å². The molecule has 3 rings (SSSR count). The Balaban J connectivity index is 1.97. The van der Waals surface area contributed by atoms with Crippen LogP contribution in [0.3, 0.4) is 0 Å². The van der Waals surface area contributed by atoms with Crippen molar-refractivity contribution >= 4 is 33.3 Å². The molecule has 0 radical (unpaired) electrons. The fourth-order valence-corrected chi connectivity index (χ4v) is 3.26. The molecule has 1 aliphatic heterocycles. The first-order valence-electron chi connectivity index (χ1n) is 7.12. The highest BCUT2D eigenvalue weighted by molar-refractivity contribution is 7.16. The number of fused-ring (bicyclic) bond motifs is 1. The molecule has 2 aromatic heterocycles. The number of anilines is 2. The third-order valence-corrected chi connectivity index (χ3v) is 4.30.